The summed E-state index contributed by atoms with van der Waals surface area (Å²) in [6, 6.07) is 3.99. The smallest absolute Gasteiger partial charge is 0.224 e. The molecule has 0 N–H and O–H groups in total. The van der Waals surface area contributed by atoms with E-state index in [2.05, 4.69) is 9.97 Å². The topological polar surface area (TPSA) is 76.6 Å². The first-order chi connectivity index (χ1) is 7.19. The highest BCUT2D eigenvalue weighted by molar-refractivity contribution is 6.28. The van der Waals surface area contributed by atoms with Crippen molar-refractivity contribution < 1.29 is 0 Å². The largest absolute Gasteiger partial charge is 0.357 e. The summed E-state index contributed by atoms with van der Waals surface area (Å²) < 4.78 is 0. The molecule has 0 saturated carbocycles. The van der Waals surface area contributed by atoms with Gasteiger partial charge < -0.3 is 4.90 Å². The first kappa shape index (κ1) is 11.2. The SMILES string of the molecule is CN(CCC#N)c1nc(Cl)ncc1C#N. The Morgan fingerprint density at radius 1 is 1.53 bits per heavy atom. The van der Waals surface area contributed by atoms with Crippen molar-refractivity contribution in [3.63, 3.8) is 0 Å². The summed E-state index contributed by atoms with van der Waals surface area (Å²) >= 11 is 5.63. The number of hydrogen-bond donors (Lipinski definition) is 0. The predicted octanol–water partition coefficient (Wildman–Crippen LogP) is 1.35. The Morgan fingerprint density at radius 2 is 2.27 bits per heavy atom. The Kier molecular flexibility index (Phi) is 3.84. The zero-order valence-corrected chi connectivity index (χ0v) is 8.86. The molecule has 0 aliphatic carbocycles. The average Bonchev–Trinajstić information content (AvgIpc) is 2.25. The fraction of sp³-hybridized carbons (Fsp3) is 0.333. The number of rotatable bonds is 3. The normalized spacial score (nSPS) is 9.07. The van der Waals surface area contributed by atoms with Crippen molar-refractivity contribution in [3.05, 3.63) is 17.0 Å². The fourth-order valence-electron chi connectivity index (χ4n) is 1.05. The van der Waals surface area contributed by atoms with Crippen molar-refractivity contribution in [1.29, 1.82) is 10.5 Å². The molecule has 0 atom stereocenters. The summed E-state index contributed by atoms with van der Waals surface area (Å²) in [4.78, 5) is 9.36. The van der Waals surface area contributed by atoms with Gasteiger partial charge in [-0.15, -0.1) is 0 Å². The number of anilines is 1. The van der Waals surface area contributed by atoms with Crippen LogP contribution in [0.4, 0.5) is 5.82 Å². The molecule has 0 fully saturated rings. The highest BCUT2D eigenvalue weighted by Crippen LogP contribution is 2.16. The van der Waals surface area contributed by atoms with Gasteiger partial charge >= 0.3 is 0 Å². The monoisotopic (exact) mass is 221 g/mol. The van der Waals surface area contributed by atoms with Gasteiger partial charge in [-0.25, -0.2) is 4.98 Å². The molecule has 76 valence electrons. The van der Waals surface area contributed by atoms with Crippen LogP contribution in [0.1, 0.15) is 12.0 Å². The number of hydrogen-bond acceptors (Lipinski definition) is 5. The lowest BCUT2D eigenvalue weighted by Gasteiger charge is -2.17. The second-order valence-electron chi connectivity index (χ2n) is 2.82. The summed E-state index contributed by atoms with van der Waals surface area (Å²) in [5.74, 6) is 0.452. The van der Waals surface area contributed by atoms with Gasteiger partial charge in [0.2, 0.25) is 5.28 Å². The van der Waals surface area contributed by atoms with Gasteiger partial charge in [-0.3, -0.25) is 0 Å². The molecule has 1 aromatic rings. The minimum atomic E-state index is 0.0906. The van der Waals surface area contributed by atoms with E-state index < -0.39 is 0 Å². The van der Waals surface area contributed by atoms with E-state index in [0.29, 0.717) is 24.3 Å². The molecule has 0 aliphatic heterocycles. The van der Waals surface area contributed by atoms with Crippen LogP contribution in [0.25, 0.3) is 0 Å². The third kappa shape index (κ3) is 2.80. The van der Waals surface area contributed by atoms with Crippen LogP contribution in [0, 0.1) is 22.7 Å². The molecule has 0 amide bonds. The Hall–Kier alpha value is -1.85. The van der Waals surface area contributed by atoms with Gasteiger partial charge in [-0.1, -0.05) is 0 Å². The van der Waals surface area contributed by atoms with Crippen molar-refractivity contribution in [2.24, 2.45) is 0 Å². The van der Waals surface area contributed by atoms with Crippen LogP contribution in [-0.4, -0.2) is 23.6 Å². The van der Waals surface area contributed by atoms with E-state index in [9.17, 15) is 0 Å². The van der Waals surface area contributed by atoms with Gasteiger partial charge in [0.25, 0.3) is 0 Å². The summed E-state index contributed by atoms with van der Waals surface area (Å²) in [6.45, 7) is 0.499. The standard InChI is InChI=1S/C9H8ClN5/c1-15(4-2-3-11)8-7(5-12)6-13-9(10)14-8/h6H,2,4H2,1H3. The summed E-state index contributed by atoms with van der Waals surface area (Å²) in [5, 5.41) is 17.4. The molecule has 5 nitrogen and oxygen atoms in total. The molecule has 0 radical (unpaired) electrons. The molecule has 0 saturated heterocycles. The quantitative estimate of drug-likeness (QED) is 0.720. The Morgan fingerprint density at radius 3 is 2.87 bits per heavy atom. The van der Waals surface area contributed by atoms with Crippen molar-refractivity contribution in [3.8, 4) is 12.1 Å². The molecule has 1 rings (SSSR count). The van der Waals surface area contributed by atoms with Crippen LogP contribution in [0.15, 0.2) is 6.20 Å². The predicted molar refractivity (Wildman–Crippen MR) is 55.3 cm³/mol. The van der Waals surface area contributed by atoms with Crippen molar-refractivity contribution in [1.82, 2.24) is 9.97 Å². The molecule has 6 heteroatoms. The van der Waals surface area contributed by atoms with E-state index in [1.807, 2.05) is 12.1 Å². The van der Waals surface area contributed by atoms with Gasteiger partial charge in [0.1, 0.15) is 11.6 Å². The molecule has 0 spiro atoms. The van der Waals surface area contributed by atoms with Crippen LogP contribution in [0.3, 0.4) is 0 Å². The van der Waals surface area contributed by atoms with E-state index in [1.54, 1.807) is 11.9 Å². The first-order valence-electron chi connectivity index (χ1n) is 4.19. The maximum Gasteiger partial charge on any atom is 0.224 e. The van der Waals surface area contributed by atoms with Crippen molar-refractivity contribution in [2.45, 2.75) is 6.42 Å². The van der Waals surface area contributed by atoms with Gasteiger partial charge in [0.05, 0.1) is 18.7 Å². The molecular formula is C9H8ClN5. The number of halogens is 1. The van der Waals surface area contributed by atoms with E-state index in [1.165, 1.54) is 6.20 Å². The van der Waals surface area contributed by atoms with Gasteiger partial charge in [0, 0.05) is 13.6 Å². The maximum atomic E-state index is 8.82. The molecular weight excluding hydrogens is 214 g/mol. The number of aromatic nitrogens is 2. The number of nitriles is 2. The van der Waals surface area contributed by atoms with Crippen molar-refractivity contribution in [2.75, 3.05) is 18.5 Å². The minimum absolute atomic E-state index is 0.0906. The molecule has 0 aromatic carbocycles. The lowest BCUT2D eigenvalue weighted by molar-refractivity contribution is 0.876. The molecule has 1 aromatic heterocycles. The van der Waals surface area contributed by atoms with Crippen LogP contribution < -0.4 is 4.90 Å². The number of nitrogens with zero attached hydrogens (tertiary/aromatic N) is 5. The molecule has 0 aliphatic rings. The van der Waals surface area contributed by atoms with Crippen LogP contribution in [-0.2, 0) is 0 Å². The zero-order chi connectivity index (χ0) is 11.3. The Labute approximate surface area is 92.5 Å². The molecule has 0 bridgehead atoms. The molecule has 15 heavy (non-hydrogen) atoms. The van der Waals surface area contributed by atoms with Gasteiger partial charge in [-0.05, 0) is 11.6 Å². The maximum absolute atomic E-state index is 8.82. The fourth-order valence-corrected chi connectivity index (χ4v) is 1.17. The van der Waals surface area contributed by atoms with E-state index in [-0.39, 0.29) is 5.28 Å². The van der Waals surface area contributed by atoms with E-state index in [0.717, 1.165) is 0 Å². The zero-order valence-electron chi connectivity index (χ0n) is 8.11. The highest BCUT2D eigenvalue weighted by atomic mass is 35.5. The summed E-state index contributed by atoms with van der Waals surface area (Å²) in [7, 11) is 1.75. The molecule has 1 heterocycles. The van der Waals surface area contributed by atoms with Gasteiger partial charge in [0.15, 0.2) is 5.82 Å². The third-order valence-electron chi connectivity index (χ3n) is 1.78. The lowest BCUT2D eigenvalue weighted by atomic mass is 10.3. The van der Waals surface area contributed by atoms with Crippen LogP contribution >= 0.6 is 11.6 Å². The van der Waals surface area contributed by atoms with Crippen molar-refractivity contribution >= 4 is 17.4 Å². The van der Waals surface area contributed by atoms with Crippen LogP contribution in [0.2, 0.25) is 5.28 Å². The highest BCUT2D eigenvalue weighted by Gasteiger charge is 2.10. The third-order valence-corrected chi connectivity index (χ3v) is 1.96. The Bertz CT molecular complexity index is 431. The summed E-state index contributed by atoms with van der Waals surface area (Å²) in [5.41, 5.74) is 0.347. The first-order valence-corrected chi connectivity index (χ1v) is 4.57. The second-order valence-corrected chi connectivity index (χ2v) is 3.16. The van der Waals surface area contributed by atoms with Crippen LogP contribution in [0.5, 0.6) is 0 Å². The second kappa shape index (κ2) is 5.14. The lowest BCUT2D eigenvalue weighted by Crippen LogP contribution is -2.20. The average molecular weight is 222 g/mol. The van der Waals surface area contributed by atoms with Gasteiger partial charge in [-0.2, -0.15) is 15.5 Å². The van der Waals surface area contributed by atoms with E-state index >= 15 is 0 Å². The van der Waals surface area contributed by atoms with E-state index in [4.69, 9.17) is 22.1 Å². The summed E-state index contributed by atoms with van der Waals surface area (Å²) in [6.07, 6.45) is 1.73. The molecule has 0 unspecified atom stereocenters. The Balaban J connectivity index is 2.97. The minimum Gasteiger partial charge on any atom is -0.357 e.